The van der Waals surface area contributed by atoms with Crippen LogP contribution >= 0.6 is 11.3 Å². The fourth-order valence-corrected chi connectivity index (χ4v) is 6.94. The summed E-state index contributed by atoms with van der Waals surface area (Å²) in [4.78, 5) is 36.9. The van der Waals surface area contributed by atoms with E-state index in [1.807, 2.05) is 17.9 Å². The zero-order chi connectivity index (χ0) is 28.3. The first kappa shape index (κ1) is 28.7. The third-order valence-electron chi connectivity index (χ3n) is 7.47. The van der Waals surface area contributed by atoms with E-state index in [1.54, 1.807) is 24.5 Å². The molecule has 1 aromatic carbocycles. The van der Waals surface area contributed by atoms with Crippen molar-refractivity contribution in [3.8, 4) is 0 Å². The number of fused-ring (bicyclic) bond motifs is 2. The van der Waals surface area contributed by atoms with Crippen LogP contribution in [0.2, 0.25) is 0 Å². The number of hydrogen-bond acceptors (Lipinski definition) is 7. The Hall–Kier alpha value is -3.28. The number of thiophene rings is 1. The number of amides is 1. The van der Waals surface area contributed by atoms with Gasteiger partial charge in [-0.25, -0.2) is 14.0 Å². The first-order valence-electron chi connectivity index (χ1n) is 13.0. The number of benzene rings is 1. The lowest BCUT2D eigenvalue weighted by atomic mass is 9.89. The van der Waals surface area contributed by atoms with E-state index in [9.17, 15) is 14.3 Å². The van der Waals surface area contributed by atoms with Gasteiger partial charge >= 0.3 is 11.9 Å². The summed E-state index contributed by atoms with van der Waals surface area (Å²) >= 11 is 1.78. The first-order valence-corrected chi connectivity index (χ1v) is 13.8. The maximum atomic E-state index is 13.5. The summed E-state index contributed by atoms with van der Waals surface area (Å²) in [5.74, 6) is -3.36. The minimum absolute atomic E-state index is 0.118. The maximum absolute atomic E-state index is 13.5. The molecule has 5 rings (SSSR count). The van der Waals surface area contributed by atoms with Crippen LogP contribution in [-0.4, -0.2) is 69.1 Å². The average Bonchev–Trinajstić information content (AvgIpc) is 3.48. The van der Waals surface area contributed by atoms with Gasteiger partial charge in [-0.3, -0.25) is 4.79 Å². The smallest absolute Gasteiger partial charge is 0.414 e. The minimum Gasteiger partial charge on any atom is -0.473 e. The van der Waals surface area contributed by atoms with Crippen molar-refractivity contribution in [2.45, 2.75) is 58.1 Å². The normalized spacial score (nSPS) is 16.9. The SMILES string of the molecule is CC(=O)N1CCc2c(sc(CCN3CCC(c4coc5cc(F)ccc45)CC3)c2C(C)O)C1.O=C(O)C(=O)O. The number of piperidine rings is 1. The van der Waals surface area contributed by atoms with Crippen molar-refractivity contribution in [1.82, 2.24) is 9.80 Å². The van der Waals surface area contributed by atoms with Crippen LogP contribution in [0.25, 0.3) is 11.0 Å². The van der Waals surface area contributed by atoms with E-state index in [-0.39, 0.29) is 11.7 Å². The van der Waals surface area contributed by atoms with E-state index in [4.69, 9.17) is 24.2 Å². The zero-order valence-electron chi connectivity index (χ0n) is 22.0. The molecule has 3 N–H and O–H groups in total. The van der Waals surface area contributed by atoms with E-state index in [1.165, 1.54) is 33.0 Å². The number of furan rings is 1. The van der Waals surface area contributed by atoms with E-state index in [0.29, 0.717) is 18.0 Å². The van der Waals surface area contributed by atoms with Gasteiger partial charge in [0.05, 0.1) is 18.9 Å². The molecule has 11 heteroatoms. The summed E-state index contributed by atoms with van der Waals surface area (Å²) in [5, 5.41) is 26.3. The maximum Gasteiger partial charge on any atom is 0.414 e. The topological polar surface area (TPSA) is 132 Å². The van der Waals surface area contributed by atoms with E-state index >= 15 is 0 Å². The van der Waals surface area contributed by atoms with Crippen LogP contribution in [0.4, 0.5) is 4.39 Å². The van der Waals surface area contributed by atoms with Gasteiger partial charge < -0.3 is 29.5 Å². The summed E-state index contributed by atoms with van der Waals surface area (Å²) in [7, 11) is 0. The van der Waals surface area contributed by atoms with Crippen LogP contribution < -0.4 is 0 Å². The van der Waals surface area contributed by atoms with Crippen LogP contribution in [0.1, 0.15) is 65.2 Å². The summed E-state index contributed by atoms with van der Waals surface area (Å²) in [6.45, 7) is 7.90. The Morgan fingerprint density at radius 2 is 1.85 bits per heavy atom. The van der Waals surface area contributed by atoms with Gasteiger partial charge in [-0.2, -0.15) is 0 Å². The molecule has 39 heavy (non-hydrogen) atoms. The third-order valence-corrected chi connectivity index (χ3v) is 8.76. The number of aliphatic hydroxyl groups is 1. The number of aliphatic carboxylic acids is 2. The van der Waals surface area contributed by atoms with Crippen LogP contribution in [0.5, 0.6) is 0 Å². The lowest BCUT2D eigenvalue weighted by Gasteiger charge is -2.31. The van der Waals surface area contributed by atoms with Crippen molar-refractivity contribution in [1.29, 1.82) is 0 Å². The fourth-order valence-electron chi connectivity index (χ4n) is 5.49. The Labute approximate surface area is 229 Å². The number of rotatable bonds is 5. The molecule has 1 atom stereocenters. The summed E-state index contributed by atoms with van der Waals surface area (Å²) in [6, 6.07) is 4.80. The number of carbonyl (C=O) groups excluding carboxylic acids is 1. The van der Waals surface area contributed by atoms with Gasteiger partial charge in [-0.15, -0.1) is 11.3 Å². The predicted octanol–water partition coefficient (Wildman–Crippen LogP) is 4.17. The molecule has 210 valence electrons. The van der Waals surface area contributed by atoms with Crippen molar-refractivity contribution in [2.75, 3.05) is 26.2 Å². The Morgan fingerprint density at radius 3 is 2.46 bits per heavy atom. The van der Waals surface area contributed by atoms with Crippen LogP contribution in [0, 0.1) is 5.82 Å². The molecule has 4 heterocycles. The monoisotopic (exact) mass is 560 g/mol. The molecule has 0 saturated carbocycles. The highest BCUT2D eigenvalue weighted by molar-refractivity contribution is 7.12. The number of hydrogen-bond donors (Lipinski definition) is 3. The van der Waals surface area contributed by atoms with Crippen LogP contribution in [0.15, 0.2) is 28.9 Å². The van der Waals surface area contributed by atoms with Crippen molar-refractivity contribution >= 4 is 40.2 Å². The molecule has 3 aromatic rings. The molecule has 1 fully saturated rings. The highest BCUT2D eigenvalue weighted by Crippen LogP contribution is 2.38. The summed E-state index contributed by atoms with van der Waals surface area (Å²) < 4.78 is 19.1. The molecule has 0 radical (unpaired) electrons. The summed E-state index contributed by atoms with van der Waals surface area (Å²) in [5.41, 5.74) is 4.19. The molecule has 2 aromatic heterocycles. The standard InChI is InChI=1S/C26H31FN2O3S.C2H2O4/c1-16(30)26-21-7-12-29(17(2)31)14-25(21)33-24(26)8-11-28-9-5-18(6-10-28)22-15-32-23-13-19(27)3-4-20(22)23;3-1(4)2(5)6/h3-4,13,15-16,18,30H,5-12,14H2,1-2H3;(H,3,4)(H,5,6). The number of nitrogens with zero attached hydrogens (tertiary/aromatic N) is 2. The van der Waals surface area contributed by atoms with Crippen molar-refractivity contribution < 1.29 is 38.5 Å². The van der Waals surface area contributed by atoms with Gasteiger partial charge in [0, 0.05) is 46.8 Å². The number of carboxylic acids is 2. The van der Waals surface area contributed by atoms with E-state index < -0.39 is 18.0 Å². The molecule has 1 amide bonds. The van der Waals surface area contributed by atoms with Gasteiger partial charge in [0.2, 0.25) is 5.91 Å². The average molecular weight is 561 g/mol. The Kier molecular flexibility index (Phi) is 9.04. The predicted molar refractivity (Wildman–Crippen MR) is 143 cm³/mol. The Bertz CT molecular complexity index is 1350. The molecule has 2 aliphatic heterocycles. The van der Waals surface area contributed by atoms with Gasteiger partial charge in [0.1, 0.15) is 11.4 Å². The Balaban J connectivity index is 0.000000531. The molecular formula is C28H33FN2O7S. The molecule has 1 saturated heterocycles. The first-order chi connectivity index (χ1) is 18.5. The molecule has 0 aliphatic carbocycles. The van der Waals surface area contributed by atoms with Crippen LogP contribution in [0.3, 0.4) is 0 Å². The third kappa shape index (κ3) is 6.66. The molecule has 2 aliphatic rings. The lowest BCUT2D eigenvalue weighted by Crippen LogP contribution is -2.34. The summed E-state index contributed by atoms with van der Waals surface area (Å²) in [6.07, 6.45) is 5.21. The Morgan fingerprint density at radius 1 is 1.15 bits per heavy atom. The largest absolute Gasteiger partial charge is 0.473 e. The minimum atomic E-state index is -1.82. The quantitative estimate of drug-likeness (QED) is 0.397. The zero-order valence-corrected chi connectivity index (χ0v) is 22.8. The molecule has 0 bridgehead atoms. The van der Waals surface area contributed by atoms with Gasteiger partial charge in [0.25, 0.3) is 0 Å². The van der Waals surface area contributed by atoms with E-state index in [0.717, 1.165) is 62.8 Å². The molecular weight excluding hydrogens is 527 g/mol. The molecule has 9 nitrogen and oxygen atoms in total. The van der Waals surface area contributed by atoms with Crippen molar-refractivity contribution in [3.63, 3.8) is 0 Å². The number of halogens is 1. The fraction of sp³-hybridized carbons (Fsp3) is 0.464. The second-order valence-electron chi connectivity index (χ2n) is 10.0. The second-order valence-corrected chi connectivity index (χ2v) is 11.2. The highest BCUT2D eigenvalue weighted by Gasteiger charge is 2.28. The number of carbonyl (C=O) groups is 3. The van der Waals surface area contributed by atoms with Crippen LogP contribution in [-0.2, 0) is 33.8 Å². The van der Waals surface area contributed by atoms with Gasteiger partial charge in [0.15, 0.2) is 0 Å². The van der Waals surface area contributed by atoms with Gasteiger partial charge in [-0.1, -0.05) is 0 Å². The van der Waals surface area contributed by atoms with Crippen molar-refractivity contribution in [2.24, 2.45) is 0 Å². The number of likely N-dealkylation sites (tertiary alicyclic amines) is 1. The molecule has 0 spiro atoms. The highest BCUT2D eigenvalue weighted by atomic mass is 32.1. The molecule has 1 unspecified atom stereocenters. The van der Waals surface area contributed by atoms with E-state index in [2.05, 4.69) is 4.90 Å². The van der Waals surface area contributed by atoms with Crippen molar-refractivity contribution in [3.05, 3.63) is 56.7 Å². The number of aliphatic hydroxyl groups excluding tert-OH is 1. The number of carboxylic acid groups (broad SMARTS) is 2. The van der Waals surface area contributed by atoms with Gasteiger partial charge in [-0.05, 0) is 74.9 Å². The second kappa shape index (κ2) is 12.3. The lowest BCUT2D eigenvalue weighted by molar-refractivity contribution is -0.159.